The van der Waals surface area contributed by atoms with Crippen molar-refractivity contribution in [3.63, 3.8) is 0 Å². The summed E-state index contributed by atoms with van der Waals surface area (Å²) in [7, 11) is -3.24. The fourth-order valence-electron chi connectivity index (χ4n) is 2.04. The van der Waals surface area contributed by atoms with E-state index in [0.29, 0.717) is 12.8 Å². The minimum atomic E-state index is -3.24. The van der Waals surface area contributed by atoms with Crippen molar-refractivity contribution in [2.24, 2.45) is 0 Å². The Morgan fingerprint density at radius 2 is 2.05 bits per heavy atom. The fourth-order valence-corrected chi connectivity index (χ4v) is 3.92. The van der Waals surface area contributed by atoms with Gasteiger partial charge in [0.2, 0.25) is 0 Å². The SMILES string of the molecule is CC(C)(C)OC(=O)c1n[nH]nc1C1CCCS1(=O)=O. The van der Waals surface area contributed by atoms with Crippen molar-refractivity contribution in [1.82, 2.24) is 15.4 Å². The van der Waals surface area contributed by atoms with E-state index in [1.165, 1.54) is 0 Å². The van der Waals surface area contributed by atoms with E-state index in [1.54, 1.807) is 20.8 Å². The predicted octanol–water partition coefficient (Wildman–Crippen LogP) is 1.01. The molecule has 1 atom stereocenters. The highest BCUT2D eigenvalue weighted by atomic mass is 32.2. The summed E-state index contributed by atoms with van der Waals surface area (Å²) in [5.74, 6) is -0.531. The molecule has 106 valence electrons. The fraction of sp³-hybridized carbons (Fsp3) is 0.727. The third kappa shape index (κ3) is 2.94. The van der Waals surface area contributed by atoms with Gasteiger partial charge >= 0.3 is 5.97 Å². The first-order valence-electron chi connectivity index (χ1n) is 6.06. The van der Waals surface area contributed by atoms with Crippen LogP contribution in [0.4, 0.5) is 0 Å². The first-order chi connectivity index (χ1) is 8.71. The number of nitrogens with one attached hydrogen (secondary N) is 1. The molecule has 0 amide bonds. The van der Waals surface area contributed by atoms with Gasteiger partial charge in [-0.2, -0.15) is 10.3 Å². The molecule has 2 rings (SSSR count). The zero-order valence-corrected chi connectivity index (χ0v) is 12.0. The molecule has 0 bridgehead atoms. The third-order valence-corrected chi connectivity index (χ3v) is 4.98. The number of carbonyl (C=O) groups excluding carboxylic acids is 1. The molecule has 8 heteroatoms. The van der Waals surface area contributed by atoms with E-state index in [0.717, 1.165) is 0 Å². The Hall–Kier alpha value is -1.44. The quantitative estimate of drug-likeness (QED) is 0.814. The molecule has 0 aliphatic carbocycles. The van der Waals surface area contributed by atoms with E-state index in [9.17, 15) is 13.2 Å². The van der Waals surface area contributed by atoms with Crippen LogP contribution in [0.5, 0.6) is 0 Å². The largest absolute Gasteiger partial charge is 0.455 e. The van der Waals surface area contributed by atoms with Gasteiger partial charge in [0.1, 0.15) is 16.5 Å². The van der Waals surface area contributed by atoms with E-state index >= 15 is 0 Å². The Morgan fingerprint density at radius 3 is 2.58 bits per heavy atom. The molecule has 0 radical (unpaired) electrons. The summed E-state index contributed by atoms with van der Waals surface area (Å²) in [4.78, 5) is 12.0. The smallest absolute Gasteiger partial charge is 0.361 e. The van der Waals surface area contributed by atoms with Gasteiger partial charge in [-0.05, 0) is 33.6 Å². The number of hydrogen-bond donors (Lipinski definition) is 1. The van der Waals surface area contributed by atoms with Gasteiger partial charge in [0.05, 0.1) is 5.75 Å². The van der Waals surface area contributed by atoms with Crippen LogP contribution in [-0.4, -0.2) is 41.2 Å². The summed E-state index contributed by atoms with van der Waals surface area (Å²) in [5, 5.41) is 9.12. The second-order valence-electron chi connectivity index (χ2n) is 5.56. The van der Waals surface area contributed by atoms with Crippen LogP contribution in [0, 0.1) is 0 Å². The standard InChI is InChI=1S/C11H17N3O4S/c1-11(2,3)18-10(15)9-8(12-14-13-9)7-5-4-6-19(7,16)17/h7H,4-6H2,1-3H3,(H,12,13,14). The Labute approximate surface area is 111 Å². The maximum absolute atomic E-state index is 12.0. The second kappa shape index (κ2) is 4.59. The molecule has 0 spiro atoms. The predicted molar refractivity (Wildman–Crippen MR) is 67.3 cm³/mol. The lowest BCUT2D eigenvalue weighted by molar-refractivity contribution is 0.00615. The van der Waals surface area contributed by atoms with Crippen molar-refractivity contribution in [1.29, 1.82) is 0 Å². The highest BCUT2D eigenvalue weighted by Gasteiger charge is 2.38. The number of ether oxygens (including phenoxy) is 1. The van der Waals surface area contributed by atoms with Gasteiger partial charge in [-0.25, -0.2) is 13.2 Å². The Bertz CT molecular complexity index is 585. The maximum Gasteiger partial charge on any atom is 0.361 e. The lowest BCUT2D eigenvalue weighted by Gasteiger charge is -2.19. The van der Waals surface area contributed by atoms with Gasteiger partial charge < -0.3 is 4.74 Å². The van der Waals surface area contributed by atoms with Crippen LogP contribution >= 0.6 is 0 Å². The van der Waals surface area contributed by atoms with Crippen LogP contribution in [0.1, 0.15) is 55.0 Å². The van der Waals surface area contributed by atoms with E-state index in [-0.39, 0.29) is 17.1 Å². The zero-order chi connectivity index (χ0) is 14.3. The lowest BCUT2D eigenvalue weighted by atomic mass is 10.1. The minimum Gasteiger partial charge on any atom is -0.455 e. The average molecular weight is 287 g/mol. The summed E-state index contributed by atoms with van der Waals surface area (Å²) in [5.41, 5.74) is -0.529. The van der Waals surface area contributed by atoms with Gasteiger partial charge in [0, 0.05) is 0 Å². The Balaban J connectivity index is 2.31. The van der Waals surface area contributed by atoms with E-state index in [4.69, 9.17) is 4.74 Å². The molecule has 7 nitrogen and oxygen atoms in total. The van der Waals surface area contributed by atoms with E-state index in [2.05, 4.69) is 15.4 Å². The monoisotopic (exact) mass is 287 g/mol. The molecule has 1 aromatic rings. The number of H-pyrrole nitrogens is 1. The number of rotatable bonds is 2. The van der Waals surface area contributed by atoms with Crippen molar-refractivity contribution in [3.05, 3.63) is 11.4 Å². The molecule has 1 saturated heterocycles. The maximum atomic E-state index is 12.0. The van der Waals surface area contributed by atoms with Crippen LogP contribution in [0.3, 0.4) is 0 Å². The number of nitrogens with zero attached hydrogens (tertiary/aromatic N) is 2. The van der Waals surface area contributed by atoms with E-state index in [1.807, 2.05) is 0 Å². The third-order valence-electron chi connectivity index (χ3n) is 2.80. The number of aromatic nitrogens is 3. The molecule has 1 fully saturated rings. The van der Waals surface area contributed by atoms with Crippen molar-refractivity contribution < 1.29 is 17.9 Å². The normalized spacial score (nSPS) is 22.4. The Morgan fingerprint density at radius 1 is 1.37 bits per heavy atom. The van der Waals surface area contributed by atoms with Crippen molar-refractivity contribution >= 4 is 15.8 Å². The molecule has 0 aromatic carbocycles. The van der Waals surface area contributed by atoms with Crippen LogP contribution in [0.2, 0.25) is 0 Å². The highest BCUT2D eigenvalue weighted by molar-refractivity contribution is 7.91. The minimum absolute atomic E-state index is 0.0367. The summed E-state index contributed by atoms with van der Waals surface area (Å²) < 4.78 is 29.0. The average Bonchev–Trinajstić information content (AvgIpc) is 2.80. The molecular weight excluding hydrogens is 270 g/mol. The van der Waals surface area contributed by atoms with Crippen molar-refractivity contribution in [2.45, 2.75) is 44.5 Å². The molecular formula is C11H17N3O4S. The summed E-state index contributed by atoms with van der Waals surface area (Å²) in [6.07, 6.45) is 1.04. The molecule has 1 aliphatic rings. The summed E-state index contributed by atoms with van der Waals surface area (Å²) >= 11 is 0. The number of carbonyl (C=O) groups is 1. The number of hydrogen-bond acceptors (Lipinski definition) is 6. The second-order valence-corrected chi connectivity index (χ2v) is 7.86. The van der Waals surface area contributed by atoms with Gasteiger partial charge in [-0.1, -0.05) is 0 Å². The molecule has 1 N–H and O–H groups in total. The number of aromatic amines is 1. The number of esters is 1. The van der Waals surface area contributed by atoms with Gasteiger partial charge in [-0.15, -0.1) is 5.10 Å². The lowest BCUT2D eigenvalue weighted by Crippen LogP contribution is -2.25. The number of sulfone groups is 1. The molecule has 2 heterocycles. The van der Waals surface area contributed by atoms with Crippen molar-refractivity contribution in [3.8, 4) is 0 Å². The highest BCUT2D eigenvalue weighted by Crippen LogP contribution is 2.34. The molecule has 19 heavy (non-hydrogen) atoms. The van der Waals surface area contributed by atoms with E-state index < -0.39 is 26.7 Å². The summed E-state index contributed by atoms with van der Waals surface area (Å²) in [6.45, 7) is 5.20. The zero-order valence-electron chi connectivity index (χ0n) is 11.1. The van der Waals surface area contributed by atoms with Gasteiger partial charge in [-0.3, -0.25) is 0 Å². The topological polar surface area (TPSA) is 102 Å². The summed E-state index contributed by atoms with van der Waals surface area (Å²) in [6, 6.07) is 0. The first kappa shape index (κ1) is 14.0. The molecule has 1 aromatic heterocycles. The Kier molecular flexibility index (Phi) is 3.38. The molecule has 1 unspecified atom stereocenters. The van der Waals surface area contributed by atoms with Crippen LogP contribution in [-0.2, 0) is 14.6 Å². The first-order valence-corrected chi connectivity index (χ1v) is 7.78. The van der Waals surface area contributed by atoms with Crippen LogP contribution in [0.15, 0.2) is 0 Å². The van der Waals surface area contributed by atoms with Gasteiger partial charge in [0.25, 0.3) is 0 Å². The van der Waals surface area contributed by atoms with Crippen molar-refractivity contribution in [2.75, 3.05) is 5.75 Å². The van der Waals surface area contributed by atoms with Crippen LogP contribution < -0.4 is 0 Å². The molecule has 1 aliphatic heterocycles. The van der Waals surface area contributed by atoms with Crippen LogP contribution in [0.25, 0.3) is 0 Å². The van der Waals surface area contributed by atoms with Gasteiger partial charge in [0.15, 0.2) is 15.5 Å². The molecule has 0 saturated carbocycles.